The van der Waals surface area contributed by atoms with Gasteiger partial charge in [0.1, 0.15) is 0 Å². The fourth-order valence-corrected chi connectivity index (χ4v) is 4.51. The third-order valence-corrected chi connectivity index (χ3v) is 6.09. The van der Waals surface area contributed by atoms with Gasteiger partial charge in [-0.2, -0.15) is 0 Å². The first-order valence-corrected chi connectivity index (χ1v) is 9.09. The van der Waals surface area contributed by atoms with E-state index in [0.717, 1.165) is 6.54 Å². The molecule has 3 rings (SSSR count). The number of likely N-dealkylation sites (N-methyl/N-ethyl adjacent to an activating group) is 1. The second-order valence-electron chi connectivity index (χ2n) is 6.99. The van der Waals surface area contributed by atoms with Crippen molar-refractivity contribution in [2.75, 3.05) is 20.6 Å². The summed E-state index contributed by atoms with van der Waals surface area (Å²) in [5.41, 5.74) is 3.41. The number of fused-ring (bicyclic) bond motifs is 1. The first-order chi connectivity index (χ1) is 10.1. The van der Waals surface area contributed by atoms with Crippen molar-refractivity contribution in [3.8, 4) is 0 Å². The number of hydrogen-bond donors (Lipinski definition) is 1. The molecule has 0 bridgehead atoms. The Bertz CT molecular complexity index is 492. The Morgan fingerprint density at radius 3 is 2.71 bits per heavy atom. The van der Waals surface area contributed by atoms with Crippen molar-refractivity contribution in [2.24, 2.45) is 0 Å². The average molecular weight is 351 g/mol. The summed E-state index contributed by atoms with van der Waals surface area (Å²) in [7, 11) is 4.51. The van der Waals surface area contributed by atoms with Gasteiger partial charge in [0.2, 0.25) is 0 Å². The van der Waals surface area contributed by atoms with Crippen LogP contribution in [0.3, 0.4) is 0 Å². The zero-order chi connectivity index (χ0) is 14.9. The van der Waals surface area contributed by atoms with Gasteiger partial charge in [-0.25, -0.2) is 0 Å². The van der Waals surface area contributed by atoms with Crippen LogP contribution in [0.5, 0.6) is 0 Å². The highest BCUT2D eigenvalue weighted by Gasteiger charge is 2.35. The molecule has 1 unspecified atom stereocenters. The van der Waals surface area contributed by atoms with Crippen molar-refractivity contribution in [2.45, 2.75) is 56.5 Å². The van der Waals surface area contributed by atoms with Crippen LogP contribution < -0.4 is 5.32 Å². The van der Waals surface area contributed by atoms with Crippen molar-refractivity contribution in [3.63, 3.8) is 0 Å². The Balaban J connectivity index is 1.68. The lowest BCUT2D eigenvalue weighted by atomic mass is 9.80. The standard InChI is InChI=1S/C18H27BrN2/c1-21(2)18(10-4-3-5-11-18)13-20-17-9-6-14-12-15(19)7-8-16(14)17/h7-8,12,17,20H,3-6,9-11,13H2,1-2H3. The molecule has 0 radical (unpaired) electrons. The van der Waals surface area contributed by atoms with E-state index in [-0.39, 0.29) is 0 Å². The molecule has 0 aliphatic heterocycles. The van der Waals surface area contributed by atoms with Crippen molar-refractivity contribution < 1.29 is 0 Å². The van der Waals surface area contributed by atoms with E-state index in [1.54, 1.807) is 0 Å². The number of hydrogen-bond acceptors (Lipinski definition) is 2. The van der Waals surface area contributed by atoms with Crippen LogP contribution in [-0.4, -0.2) is 31.1 Å². The van der Waals surface area contributed by atoms with Crippen LogP contribution in [0.2, 0.25) is 0 Å². The number of halogens is 1. The smallest absolute Gasteiger partial charge is 0.0328 e. The molecule has 2 nitrogen and oxygen atoms in total. The van der Waals surface area contributed by atoms with Gasteiger partial charge in [0.15, 0.2) is 0 Å². The van der Waals surface area contributed by atoms with Crippen molar-refractivity contribution >= 4 is 15.9 Å². The Morgan fingerprint density at radius 2 is 2.00 bits per heavy atom. The van der Waals surface area contributed by atoms with E-state index in [0.29, 0.717) is 11.6 Å². The fraction of sp³-hybridized carbons (Fsp3) is 0.667. The summed E-state index contributed by atoms with van der Waals surface area (Å²) in [5, 5.41) is 3.89. The topological polar surface area (TPSA) is 15.3 Å². The van der Waals surface area contributed by atoms with Gasteiger partial charge in [0.25, 0.3) is 0 Å². The minimum atomic E-state index is 0.371. The molecule has 0 spiro atoms. The lowest BCUT2D eigenvalue weighted by molar-refractivity contribution is 0.0951. The molecule has 3 heteroatoms. The maximum absolute atomic E-state index is 3.89. The summed E-state index contributed by atoms with van der Waals surface area (Å²) in [6.45, 7) is 1.13. The summed E-state index contributed by atoms with van der Waals surface area (Å²) in [4.78, 5) is 2.47. The number of nitrogens with zero attached hydrogens (tertiary/aromatic N) is 1. The zero-order valence-electron chi connectivity index (χ0n) is 13.3. The quantitative estimate of drug-likeness (QED) is 0.871. The molecule has 1 N–H and O–H groups in total. The Hall–Kier alpha value is -0.380. The van der Waals surface area contributed by atoms with Crippen LogP contribution in [-0.2, 0) is 6.42 Å². The van der Waals surface area contributed by atoms with E-state index in [1.165, 1.54) is 60.5 Å². The lowest BCUT2D eigenvalue weighted by Crippen LogP contribution is -2.53. The number of nitrogens with one attached hydrogen (secondary N) is 1. The summed E-state index contributed by atoms with van der Waals surface area (Å²) < 4.78 is 1.21. The van der Waals surface area contributed by atoms with Gasteiger partial charge in [-0.15, -0.1) is 0 Å². The minimum absolute atomic E-state index is 0.371. The summed E-state index contributed by atoms with van der Waals surface area (Å²) in [5.74, 6) is 0. The number of rotatable bonds is 4. The second kappa shape index (κ2) is 6.39. The molecular weight excluding hydrogens is 324 g/mol. The van der Waals surface area contributed by atoms with E-state index in [1.807, 2.05) is 0 Å². The highest BCUT2D eigenvalue weighted by Crippen LogP contribution is 2.36. The molecule has 0 saturated heterocycles. The van der Waals surface area contributed by atoms with E-state index in [2.05, 4.69) is 58.4 Å². The summed E-state index contributed by atoms with van der Waals surface area (Å²) in [6, 6.07) is 7.32. The first-order valence-electron chi connectivity index (χ1n) is 8.30. The van der Waals surface area contributed by atoms with Crippen LogP contribution in [0.1, 0.15) is 55.7 Å². The largest absolute Gasteiger partial charge is 0.308 e. The first kappa shape index (κ1) is 15.5. The molecule has 1 atom stereocenters. The van der Waals surface area contributed by atoms with Gasteiger partial charge >= 0.3 is 0 Å². The number of benzene rings is 1. The lowest BCUT2D eigenvalue weighted by Gasteiger charge is -2.44. The molecule has 0 aromatic heterocycles. The van der Waals surface area contributed by atoms with Gasteiger partial charge in [-0.05, 0) is 63.0 Å². The van der Waals surface area contributed by atoms with Crippen LogP contribution in [0.4, 0.5) is 0 Å². The van der Waals surface area contributed by atoms with Crippen molar-refractivity contribution in [3.05, 3.63) is 33.8 Å². The summed E-state index contributed by atoms with van der Waals surface area (Å²) in [6.07, 6.45) is 9.31. The highest BCUT2D eigenvalue weighted by atomic mass is 79.9. The molecule has 1 aromatic rings. The number of aryl methyl sites for hydroxylation is 1. The van der Waals surface area contributed by atoms with E-state index in [9.17, 15) is 0 Å². The molecule has 1 fully saturated rings. The molecule has 0 heterocycles. The molecule has 116 valence electrons. The van der Waals surface area contributed by atoms with Gasteiger partial charge in [-0.1, -0.05) is 41.3 Å². The van der Waals surface area contributed by atoms with Gasteiger partial charge in [0.05, 0.1) is 0 Å². The van der Waals surface area contributed by atoms with Crippen LogP contribution in [0.15, 0.2) is 22.7 Å². The SMILES string of the molecule is CN(C)C1(CNC2CCc3cc(Br)ccc32)CCCCC1. The molecule has 2 aliphatic carbocycles. The van der Waals surface area contributed by atoms with Gasteiger partial charge in [0, 0.05) is 22.6 Å². The molecule has 21 heavy (non-hydrogen) atoms. The molecule has 1 saturated carbocycles. The second-order valence-corrected chi connectivity index (χ2v) is 7.91. The third-order valence-electron chi connectivity index (χ3n) is 5.59. The monoisotopic (exact) mass is 350 g/mol. The molecule has 2 aliphatic rings. The predicted octanol–water partition coefficient (Wildman–Crippen LogP) is 4.29. The van der Waals surface area contributed by atoms with Crippen LogP contribution in [0, 0.1) is 0 Å². The normalized spacial score (nSPS) is 24.3. The Kier molecular flexibility index (Phi) is 4.72. The molecular formula is C18H27BrN2. The Labute approximate surface area is 137 Å². The maximum atomic E-state index is 3.89. The van der Waals surface area contributed by atoms with E-state index < -0.39 is 0 Å². The van der Waals surface area contributed by atoms with Crippen molar-refractivity contribution in [1.29, 1.82) is 0 Å². The van der Waals surface area contributed by atoms with Crippen molar-refractivity contribution in [1.82, 2.24) is 10.2 Å². The zero-order valence-corrected chi connectivity index (χ0v) is 14.9. The van der Waals surface area contributed by atoms with E-state index in [4.69, 9.17) is 0 Å². The minimum Gasteiger partial charge on any atom is -0.308 e. The molecule has 0 amide bonds. The van der Waals surface area contributed by atoms with Gasteiger partial charge < -0.3 is 10.2 Å². The highest BCUT2D eigenvalue weighted by molar-refractivity contribution is 9.10. The maximum Gasteiger partial charge on any atom is 0.0328 e. The average Bonchev–Trinajstić information content (AvgIpc) is 2.88. The fourth-order valence-electron chi connectivity index (χ4n) is 4.10. The predicted molar refractivity (Wildman–Crippen MR) is 92.7 cm³/mol. The van der Waals surface area contributed by atoms with E-state index >= 15 is 0 Å². The third kappa shape index (κ3) is 3.20. The summed E-state index contributed by atoms with van der Waals surface area (Å²) >= 11 is 3.59. The van der Waals surface area contributed by atoms with Crippen LogP contribution >= 0.6 is 15.9 Å². The van der Waals surface area contributed by atoms with Crippen LogP contribution in [0.25, 0.3) is 0 Å². The molecule has 1 aromatic carbocycles. The Morgan fingerprint density at radius 1 is 1.24 bits per heavy atom. The van der Waals surface area contributed by atoms with Gasteiger partial charge in [-0.3, -0.25) is 0 Å².